The molecule has 3 N–H and O–H groups in total. The molecule has 0 aromatic heterocycles. The first-order chi connectivity index (χ1) is 10.1. The van der Waals surface area contributed by atoms with Crippen molar-refractivity contribution in [1.29, 1.82) is 0 Å². The van der Waals surface area contributed by atoms with Gasteiger partial charge in [0.2, 0.25) is 11.9 Å². The van der Waals surface area contributed by atoms with Crippen LogP contribution in [0.25, 0.3) is 0 Å². The Kier molecular flexibility index (Phi) is 6.04. The van der Waals surface area contributed by atoms with Gasteiger partial charge in [-0.2, -0.15) is 0 Å². The summed E-state index contributed by atoms with van der Waals surface area (Å²) >= 11 is 3.03. The van der Waals surface area contributed by atoms with Crippen LogP contribution in [0.15, 0.2) is 27.7 Å². The summed E-state index contributed by atoms with van der Waals surface area (Å²) < 4.78 is 18.3. The van der Waals surface area contributed by atoms with E-state index in [4.69, 9.17) is 10.5 Å². The average Bonchev–Trinajstić information content (AvgIpc) is 2.30. The number of nitrogens with one attached hydrogen (secondary N) is 1. The van der Waals surface area contributed by atoms with E-state index in [1.807, 2.05) is 0 Å². The third-order valence-electron chi connectivity index (χ3n) is 2.22. The summed E-state index contributed by atoms with van der Waals surface area (Å²) in [5.74, 6) is -1.26. The van der Waals surface area contributed by atoms with Crippen molar-refractivity contribution >= 4 is 33.9 Å². The molecule has 0 aliphatic carbocycles. The first-order valence-corrected chi connectivity index (χ1v) is 7.17. The zero-order valence-electron chi connectivity index (χ0n) is 12.4. The molecule has 1 aromatic rings. The van der Waals surface area contributed by atoms with Crippen molar-refractivity contribution in [1.82, 2.24) is 5.32 Å². The maximum atomic E-state index is 13.1. The van der Waals surface area contributed by atoms with Gasteiger partial charge in [-0.25, -0.2) is 9.18 Å². The van der Waals surface area contributed by atoms with Crippen molar-refractivity contribution in [2.75, 3.05) is 0 Å². The number of nitrogens with two attached hydrogens (primary N) is 1. The van der Waals surface area contributed by atoms with Crippen LogP contribution in [0.4, 0.5) is 9.18 Å². The number of guanidine groups is 1. The quantitative estimate of drug-likeness (QED) is 0.614. The highest BCUT2D eigenvalue weighted by Crippen LogP contribution is 2.17. The number of halogens is 2. The highest BCUT2D eigenvalue weighted by molar-refractivity contribution is 9.10. The van der Waals surface area contributed by atoms with E-state index in [0.29, 0.717) is 5.56 Å². The topological polar surface area (TPSA) is 93.8 Å². The van der Waals surface area contributed by atoms with Crippen LogP contribution in [0.5, 0.6) is 0 Å². The number of hydrogen-bond acceptors (Lipinski definition) is 3. The molecule has 0 fully saturated rings. The van der Waals surface area contributed by atoms with Gasteiger partial charge >= 0.3 is 6.09 Å². The molecular weight excluding hydrogens is 357 g/mol. The maximum Gasteiger partial charge on any atom is 0.437 e. The van der Waals surface area contributed by atoms with E-state index >= 15 is 0 Å². The average molecular weight is 374 g/mol. The maximum absolute atomic E-state index is 13.1. The third-order valence-corrected chi connectivity index (χ3v) is 2.83. The minimum absolute atomic E-state index is 0.0383. The molecule has 0 atom stereocenters. The van der Waals surface area contributed by atoms with Gasteiger partial charge in [0, 0.05) is 0 Å². The number of aliphatic imine (C=N–C) groups is 1. The zero-order chi connectivity index (χ0) is 16.9. The number of nitrogens with zero attached hydrogens (tertiary/aromatic N) is 1. The van der Waals surface area contributed by atoms with Crippen LogP contribution >= 0.6 is 15.9 Å². The molecule has 0 bridgehead atoms. The summed E-state index contributed by atoms with van der Waals surface area (Å²) in [6.45, 7) is 5.05. The van der Waals surface area contributed by atoms with Gasteiger partial charge in [0.25, 0.3) is 0 Å². The van der Waals surface area contributed by atoms with E-state index in [2.05, 4.69) is 26.2 Å². The van der Waals surface area contributed by atoms with Crippen molar-refractivity contribution in [3.8, 4) is 0 Å². The van der Waals surface area contributed by atoms with Crippen LogP contribution in [0, 0.1) is 5.82 Å². The lowest BCUT2D eigenvalue weighted by atomic mass is 10.1. The summed E-state index contributed by atoms with van der Waals surface area (Å²) in [7, 11) is 0. The molecule has 0 saturated carbocycles. The van der Waals surface area contributed by atoms with E-state index < -0.39 is 23.4 Å². The summed E-state index contributed by atoms with van der Waals surface area (Å²) in [5, 5.41) is 2.26. The third kappa shape index (κ3) is 6.66. The molecule has 8 heteroatoms. The van der Waals surface area contributed by atoms with Crippen molar-refractivity contribution in [2.45, 2.75) is 32.8 Å². The molecule has 1 rings (SSSR count). The lowest BCUT2D eigenvalue weighted by Crippen LogP contribution is -2.38. The number of hydrogen-bond donors (Lipinski definition) is 2. The lowest BCUT2D eigenvalue weighted by molar-refractivity contribution is -0.119. The van der Waals surface area contributed by atoms with E-state index in [1.165, 1.54) is 18.2 Å². The number of rotatable bonds is 2. The van der Waals surface area contributed by atoms with Crippen molar-refractivity contribution in [3.63, 3.8) is 0 Å². The molecule has 22 heavy (non-hydrogen) atoms. The highest BCUT2D eigenvalue weighted by Gasteiger charge is 2.16. The molecule has 0 unspecified atom stereocenters. The molecule has 0 heterocycles. The largest absolute Gasteiger partial charge is 0.442 e. The van der Waals surface area contributed by atoms with Crippen LogP contribution in [-0.4, -0.2) is 23.6 Å². The van der Waals surface area contributed by atoms with E-state index in [-0.39, 0.29) is 16.9 Å². The number of ether oxygens (including phenoxy) is 1. The minimum atomic E-state index is -0.894. The first kappa shape index (κ1) is 18.1. The van der Waals surface area contributed by atoms with Crippen LogP contribution in [0.3, 0.4) is 0 Å². The molecule has 0 aliphatic heterocycles. The molecule has 0 saturated heterocycles. The second kappa shape index (κ2) is 7.35. The second-order valence-electron chi connectivity index (χ2n) is 5.45. The Morgan fingerprint density at radius 3 is 2.59 bits per heavy atom. The number of amides is 2. The summed E-state index contributed by atoms with van der Waals surface area (Å²) in [6, 6.07) is 4.20. The highest BCUT2D eigenvalue weighted by atomic mass is 79.9. The first-order valence-electron chi connectivity index (χ1n) is 6.38. The Morgan fingerprint density at radius 1 is 1.41 bits per heavy atom. The van der Waals surface area contributed by atoms with Gasteiger partial charge in [-0.3, -0.25) is 10.1 Å². The zero-order valence-corrected chi connectivity index (χ0v) is 14.0. The van der Waals surface area contributed by atoms with Crippen LogP contribution in [0.2, 0.25) is 0 Å². The van der Waals surface area contributed by atoms with E-state index in [1.54, 1.807) is 20.8 Å². The summed E-state index contributed by atoms with van der Waals surface area (Å²) in [6.07, 6.45) is -0.932. The fourth-order valence-electron chi connectivity index (χ4n) is 1.43. The molecule has 0 aliphatic rings. The Morgan fingerprint density at radius 2 is 2.05 bits per heavy atom. The normalized spacial score (nSPS) is 12.0. The minimum Gasteiger partial charge on any atom is -0.442 e. The lowest BCUT2D eigenvalue weighted by Gasteiger charge is -2.17. The van der Waals surface area contributed by atoms with Crippen LogP contribution < -0.4 is 11.1 Å². The number of benzene rings is 1. The molecular formula is C14H17BrFN3O3. The monoisotopic (exact) mass is 373 g/mol. The Bertz CT molecular complexity index is 612. The fourth-order valence-corrected chi connectivity index (χ4v) is 1.86. The van der Waals surface area contributed by atoms with Gasteiger partial charge in [-0.05, 0) is 54.4 Å². The fraction of sp³-hybridized carbons (Fsp3) is 0.357. The van der Waals surface area contributed by atoms with E-state index in [9.17, 15) is 14.0 Å². The van der Waals surface area contributed by atoms with Gasteiger partial charge < -0.3 is 10.5 Å². The predicted molar refractivity (Wildman–Crippen MR) is 83.8 cm³/mol. The molecule has 1 aromatic carbocycles. The Balaban J connectivity index is 2.60. The summed E-state index contributed by atoms with van der Waals surface area (Å²) in [5.41, 5.74) is 5.33. The molecule has 0 spiro atoms. The number of carbonyl (C=O) groups excluding carboxylic acids is 2. The van der Waals surface area contributed by atoms with Crippen molar-refractivity contribution < 1.29 is 18.7 Å². The van der Waals surface area contributed by atoms with Gasteiger partial charge in [-0.1, -0.05) is 6.07 Å². The number of carbonyl (C=O) groups is 2. The predicted octanol–water partition coefficient (Wildman–Crippen LogP) is 2.50. The van der Waals surface area contributed by atoms with Gasteiger partial charge in [-0.15, -0.1) is 4.99 Å². The molecule has 6 nitrogen and oxygen atoms in total. The molecule has 120 valence electrons. The van der Waals surface area contributed by atoms with Crippen molar-refractivity contribution in [3.05, 3.63) is 34.1 Å². The smallest absolute Gasteiger partial charge is 0.437 e. The Labute approximate surface area is 136 Å². The van der Waals surface area contributed by atoms with Gasteiger partial charge in [0.05, 0.1) is 10.9 Å². The van der Waals surface area contributed by atoms with E-state index in [0.717, 1.165) is 0 Å². The standard InChI is InChI=1S/C14H17BrFN3O3/c1-14(2,3)22-13(21)19-12(17)18-11(20)7-8-4-5-10(16)9(15)6-8/h4-6H,7H2,1-3H3,(H3,17,18,19,20,21). The second-order valence-corrected chi connectivity index (χ2v) is 6.31. The Hall–Kier alpha value is -1.96. The molecule has 0 radical (unpaired) electrons. The van der Waals surface area contributed by atoms with Crippen LogP contribution in [-0.2, 0) is 16.0 Å². The van der Waals surface area contributed by atoms with Gasteiger partial charge in [0.15, 0.2) is 0 Å². The SMILES string of the molecule is CC(C)(C)OC(=O)/N=C(\N)NC(=O)Cc1ccc(F)c(Br)c1. The summed E-state index contributed by atoms with van der Waals surface area (Å²) in [4.78, 5) is 26.6. The molecule has 2 amide bonds. The van der Waals surface area contributed by atoms with Crippen molar-refractivity contribution in [2.24, 2.45) is 10.7 Å². The van der Waals surface area contributed by atoms with Crippen LogP contribution in [0.1, 0.15) is 26.3 Å². The van der Waals surface area contributed by atoms with Gasteiger partial charge in [0.1, 0.15) is 11.4 Å².